The van der Waals surface area contributed by atoms with Crippen molar-refractivity contribution in [1.82, 2.24) is 4.98 Å². The molecule has 3 rings (SSSR count). The van der Waals surface area contributed by atoms with Crippen LogP contribution in [0.2, 0.25) is 5.02 Å². The van der Waals surface area contributed by atoms with Crippen LogP contribution >= 0.6 is 11.6 Å². The molecular formula is C14H10ClN. The summed E-state index contributed by atoms with van der Waals surface area (Å²) in [5.41, 5.74) is 3.38. The number of hydrogen-bond donors (Lipinski definition) is 1. The fourth-order valence-electron chi connectivity index (χ4n) is 1.92. The monoisotopic (exact) mass is 227 g/mol. The van der Waals surface area contributed by atoms with Gasteiger partial charge in [-0.3, -0.25) is 0 Å². The van der Waals surface area contributed by atoms with E-state index in [9.17, 15) is 0 Å². The molecule has 0 bridgehead atoms. The minimum absolute atomic E-state index is 0.789. The van der Waals surface area contributed by atoms with Crippen molar-refractivity contribution in [3.63, 3.8) is 0 Å². The van der Waals surface area contributed by atoms with Crippen molar-refractivity contribution in [2.75, 3.05) is 0 Å². The first-order chi connectivity index (χ1) is 7.84. The lowest BCUT2D eigenvalue weighted by molar-refractivity contribution is 1.48. The van der Waals surface area contributed by atoms with Crippen molar-refractivity contribution < 1.29 is 0 Å². The average Bonchev–Trinajstić information content (AvgIpc) is 2.76. The highest BCUT2D eigenvalue weighted by Gasteiger charge is 2.03. The van der Waals surface area contributed by atoms with Crippen LogP contribution in [-0.4, -0.2) is 4.98 Å². The fourth-order valence-corrected chi connectivity index (χ4v) is 2.16. The van der Waals surface area contributed by atoms with Crippen LogP contribution in [0.1, 0.15) is 0 Å². The highest BCUT2D eigenvalue weighted by atomic mass is 35.5. The molecule has 0 spiro atoms. The van der Waals surface area contributed by atoms with E-state index in [0.29, 0.717) is 0 Å². The van der Waals surface area contributed by atoms with Crippen molar-refractivity contribution in [2.24, 2.45) is 0 Å². The lowest BCUT2D eigenvalue weighted by Gasteiger charge is -2.04. The molecule has 3 aromatic rings. The molecule has 0 amide bonds. The quantitative estimate of drug-likeness (QED) is 0.631. The number of fused-ring (bicyclic) bond motifs is 1. The first-order valence-corrected chi connectivity index (χ1v) is 5.54. The Kier molecular flexibility index (Phi) is 2.19. The van der Waals surface area contributed by atoms with Crippen molar-refractivity contribution in [2.45, 2.75) is 0 Å². The van der Waals surface area contributed by atoms with Gasteiger partial charge in [-0.1, -0.05) is 35.9 Å². The Balaban J connectivity index is 2.22. The molecule has 0 aliphatic heterocycles. The summed E-state index contributed by atoms with van der Waals surface area (Å²) in [4.78, 5) is 3.18. The largest absolute Gasteiger partial charge is 0.361 e. The van der Waals surface area contributed by atoms with Gasteiger partial charge < -0.3 is 4.98 Å². The fraction of sp³-hybridized carbons (Fsp3) is 0. The van der Waals surface area contributed by atoms with E-state index in [4.69, 9.17) is 11.6 Å². The van der Waals surface area contributed by atoms with Gasteiger partial charge in [0.05, 0.1) is 0 Å². The summed E-state index contributed by atoms with van der Waals surface area (Å²) in [5.74, 6) is 0. The van der Waals surface area contributed by atoms with Crippen molar-refractivity contribution in [1.29, 1.82) is 0 Å². The molecule has 1 aromatic heterocycles. The summed E-state index contributed by atoms with van der Waals surface area (Å²) in [6.45, 7) is 0. The first-order valence-electron chi connectivity index (χ1n) is 5.17. The van der Waals surface area contributed by atoms with Gasteiger partial charge in [-0.05, 0) is 35.2 Å². The van der Waals surface area contributed by atoms with Crippen LogP contribution in [-0.2, 0) is 0 Å². The van der Waals surface area contributed by atoms with Gasteiger partial charge in [-0.15, -0.1) is 0 Å². The molecule has 0 aliphatic carbocycles. The summed E-state index contributed by atoms with van der Waals surface area (Å²) in [5, 5.41) is 2.00. The molecule has 0 atom stereocenters. The molecule has 1 heterocycles. The van der Waals surface area contributed by atoms with Gasteiger partial charge in [0, 0.05) is 22.3 Å². The topological polar surface area (TPSA) is 15.8 Å². The van der Waals surface area contributed by atoms with Gasteiger partial charge in [-0.2, -0.15) is 0 Å². The van der Waals surface area contributed by atoms with E-state index in [1.807, 2.05) is 30.5 Å². The van der Waals surface area contributed by atoms with Crippen LogP contribution in [0.4, 0.5) is 0 Å². The number of H-pyrrole nitrogens is 1. The molecule has 16 heavy (non-hydrogen) atoms. The Morgan fingerprint density at radius 3 is 2.69 bits per heavy atom. The number of nitrogens with one attached hydrogen (secondary N) is 1. The lowest BCUT2D eigenvalue weighted by atomic mass is 10.0. The summed E-state index contributed by atoms with van der Waals surface area (Å²) < 4.78 is 0. The number of aromatic amines is 1. The highest BCUT2D eigenvalue weighted by molar-refractivity contribution is 6.33. The normalized spacial score (nSPS) is 10.8. The molecule has 0 saturated heterocycles. The van der Waals surface area contributed by atoms with Crippen LogP contribution in [0.3, 0.4) is 0 Å². The van der Waals surface area contributed by atoms with E-state index in [0.717, 1.165) is 21.7 Å². The number of benzene rings is 2. The Morgan fingerprint density at radius 2 is 1.81 bits per heavy atom. The zero-order valence-electron chi connectivity index (χ0n) is 8.57. The maximum Gasteiger partial charge on any atom is 0.0484 e. The van der Waals surface area contributed by atoms with Crippen LogP contribution in [0, 0.1) is 0 Å². The predicted molar refractivity (Wildman–Crippen MR) is 68.7 cm³/mol. The number of aromatic nitrogens is 1. The standard InChI is InChI=1S/C14H10ClN/c15-13-4-2-1-3-12(13)10-5-6-14-11(9-10)7-8-16-14/h1-9,16H. The van der Waals surface area contributed by atoms with Crippen molar-refractivity contribution in [3.05, 3.63) is 59.8 Å². The molecule has 0 fully saturated rings. The third-order valence-electron chi connectivity index (χ3n) is 2.74. The van der Waals surface area contributed by atoms with E-state index >= 15 is 0 Å². The summed E-state index contributed by atoms with van der Waals surface area (Å²) in [7, 11) is 0. The van der Waals surface area contributed by atoms with E-state index in [2.05, 4.69) is 29.2 Å². The van der Waals surface area contributed by atoms with E-state index in [1.165, 1.54) is 5.39 Å². The molecule has 78 valence electrons. The van der Waals surface area contributed by atoms with E-state index in [-0.39, 0.29) is 0 Å². The number of rotatable bonds is 1. The maximum atomic E-state index is 6.18. The zero-order chi connectivity index (χ0) is 11.0. The predicted octanol–water partition coefficient (Wildman–Crippen LogP) is 4.49. The van der Waals surface area contributed by atoms with Crippen LogP contribution in [0.25, 0.3) is 22.0 Å². The second-order valence-electron chi connectivity index (χ2n) is 3.76. The van der Waals surface area contributed by atoms with Crippen LogP contribution in [0.5, 0.6) is 0 Å². The van der Waals surface area contributed by atoms with Gasteiger partial charge in [0.15, 0.2) is 0 Å². The molecule has 1 N–H and O–H groups in total. The van der Waals surface area contributed by atoms with Gasteiger partial charge in [0.2, 0.25) is 0 Å². The molecule has 2 heteroatoms. The zero-order valence-corrected chi connectivity index (χ0v) is 9.33. The Morgan fingerprint density at radius 1 is 0.938 bits per heavy atom. The number of halogens is 1. The SMILES string of the molecule is Clc1ccccc1-c1ccc2[nH]ccc2c1. The third-order valence-corrected chi connectivity index (χ3v) is 3.07. The molecule has 0 radical (unpaired) electrons. The molecular weight excluding hydrogens is 218 g/mol. The molecule has 0 saturated carbocycles. The van der Waals surface area contributed by atoms with Crippen molar-refractivity contribution >= 4 is 22.5 Å². The second-order valence-corrected chi connectivity index (χ2v) is 4.17. The van der Waals surface area contributed by atoms with Gasteiger partial charge in [0.1, 0.15) is 0 Å². The summed E-state index contributed by atoms with van der Waals surface area (Å²) in [6, 6.07) is 16.3. The lowest BCUT2D eigenvalue weighted by Crippen LogP contribution is -1.78. The second kappa shape index (κ2) is 3.69. The van der Waals surface area contributed by atoms with Gasteiger partial charge >= 0.3 is 0 Å². The summed E-state index contributed by atoms with van der Waals surface area (Å²) >= 11 is 6.18. The van der Waals surface area contributed by atoms with Gasteiger partial charge in [0.25, 0.3) is 0 Å². The van der Waals surface area contributed by atoms with Crippen LogP contribution < -0.4 is 0 Å². The van der Waals surface area contributed by atoms with Crippen molar-refractivity contribution in [3.8, 4) is 11.1 Å². The van der Waals surface area contributed by atoms with E-state index in [1.54, 1.807) is 0 Å². The van der Waals surface area contributed by atoms with E-state index < -0.39 is 0 Å². The highest BCUT2D eigenvalue weighted by Crippen LogP contribution is 2.29. The number of hydrogen-bond acceptors (Lipinski definition) is 0. The molecule has 1 nitrogen and oxygen atoms in total. The Bertz CT molecular complexity index is 640. The molecule has 2 aromatic carbocycles. The Labute approximate surface area is 98.7 Å². The third kappa shape index (κ3) is 1.50. The molecule has 0 unspecified atom stereocenters. The first kappa shape index (κ1) is 9.49. The minimum atomic E-state index is 0.789. The Hall–Kier alpha value is -1.73. The smallest absolute Gasteiger partial charge is 0.0484 e. The maximum absolute atomic E-state index is 6.18. The average molecular weight is 228 g/mol. The summed E-state index contributed by atoms with van der Waals surface area (Å²) in [6.07, 6.45) is 1.95. The van der Waals surface area contributed by atoms with Crippen LogP contribution in [0.15, 0.2) is 54.7 Å². The molecule has 0 aliphatic rings. The minimum Gasteiger partial charge on any atom is -0.361 e. The van der Waals surface area contributed by atoms with Gasteiger partial charge in [-0.25, -0.2) is 0 Å².